The van der Waals surface area contributed by atoms with E-state index in [-0.39, 0.29) is 18.2 Å². The van der Waals surface area contributed by atoms with Crippen LogP contribution >= 0.6 is 0 Å². The maximum absolute atomic E-state index is 13.3. The third-order valence-corrected chi connectivity index (χ3v) is 5.06. The van der Waals surface area contributed by atoms with Crippen molar-refractivity contribution in [2.75, 3.05) is 13.7 Å². The molecule has 1 N–H and O–H groups in total. The van der Waals surface area contributed by atoms with Crippen LogP contribution in [0.3, 0.4) is 0 Å². The Labute approximate surface area is 180 Å². The summed E-state index contributed by atoms with van der Waals surface area (Å²) in [5.74, 6) is 0.947. The molecule has 0 fully saturated rings. The van der Waals surface area contributed by atoms with Gasteiger partial charge in [-0.15, -0.1) is 0 Å². The topological polar surface area (TPSA) is 58.6 Å². The van der Waals surface area contributed by atoms with Gasteiger partial charge in [0, 0.05) is 13.1 Å². The Kier molecular flexibility index (Phi) is 8.90. The largest absolute Gasteiger partial charge is 0.497 e. The lowest BCUT2D eigenvalue weighted by Gasteiger charge is -2.31. The second kappa shape index (κ2) is 11.4. The molecule has 1 atom stereocenters. The van der Waals surface area contributed by atoms with E-state index in [0.717, 1.165) is 22.4 Å². The monoisotopic (exact) mass is 410 g/mol. The Morgan fingerprint density at radius 2 is 1.60 bits per heavy atom. The van der Waals surface area contributed by atoms with Gasteiger partial charge >= 0.3 is 0 Å². The Balaban J connectivity index is 2.24. The summed E-state index contributed by atoms with van der Waals surface area (Å²) in [6, 6.07) is 15.1. The number of hydrogen-bond donors (Lipinski definition) is 1. The second-order valence-corrected chi connectivity index (χ2v) is 8.10. The van der Waals surface area contributed by atoms with Gasteiger partial charge in [-0.1, -0.05) is 62.7 Å². The highest BCUT2D eigenvalue weighted by Crippen LogP contribution is 2.17. The standard InChI is InChI=1S/C25H34N2O3/c1-6-23(25(29)26-16-18(2)3)27(17-21-9-7-19(4)8-10-21)24(28)15-20-11-13-22(30-5)14-12-20/h7-14,18,23H,6,15-17H2,1-5H3,(H,26,29). The van der Waals surface area contributed by atoms with Gasteiger partial charge in [0.1, 0.15) is 11.8 Å². The molecule has 0 heterocycles. The zero-order valence-electron chi connectivity index (χ0n) is 18.8. The summed E-state index contributed by atoms with van der Waals surface area (Å²) in [6.07, 6.45) is 0.800. The molecular weight excluding hydrogens is 376 g/mol. The van der Waals surface area contributed by atoms with Gasteiger partial charge in [0.15, 0.2) is 0 Å². The Hall–Kier alpha value is -2.82. The average Bonchev–Trinajstić information content (AvgIpc) is 2.74. The molecule has 162 valence electrons. The molecule has 0 aliphatic carbocycles. The summed E-state index contributed by atoms with van der Waals surface area (Å²) in [5.41, 5.74) is 3.07. The highest BCUT2D eigenvalue weighted by molar-refractivity contribution is 5.88. The zero-order valence-corrected chi connectivity index (χ0v) is 18.8. The van der Waals surface area contributed by atoms with Crippen LogP contribution in [0.2, 0.25) is 0 Å². The normalized spacial score (nSPS) is 11.8. The Morgan fingerprint density at radius 3 is 2.13 bits per heavy atom. The van der Waals surface area contributed by atoms with Crippen LogP contribution in [0.15, 0.2) is 48.5 Å². The van der Waals surface area contributed by atoms with Crippen molar-refractivity contribution in [3.63, 3.8) is 0 Å². The number of amides is 2. The van der Waals surface area contributed by atoms with Gasteiger partial charge in [0.25, 0.3) is 0 Å². The van der Waals surface area contributed by atoms with Crippen LogP contribution in [0.5, 0.6) is 5.75 Å². The van der Waals surface area contributed by atoms with Crippen LogP contribution in [0.4, 0.5) is 0 Å². The van der Waals surface area contributed by atoms with E-state index in [1.54, 1.807) is 12.0 Å². The first-order valence-electron chi connectivity index (χ1n) is 10.6. The summed E-state index contributed by atoms with van der Waals surface area (Å²) in [6.45, 7) is 9.09. The molecule has 0 radical (unpaired) electrons. The quantitative estimate of drug-likeness (QED) is 0.641. The molecular formula is C25H34N2O3. The first-order chi connectivity index (χ1) is 14.3. The number of carbonyl (C=O) groups excluding carboxylic acids is 2. The molecule has 0 saturated heterocycles. The number of methoxy groups -OCH3 is 1. The van der Waals surface area contributed by atoms with Gasteiger partial charge in [0.2, 0.25) is 11.8 Å². The van der Waals surface area contributed by atoms with E-state index in [1.165, 1.54) is 0 Å². The van der Waals surface area contributed by atoms with E-state index >= 15 is 0 Å². The van der Waals surface area contributed by atoms with Crippen molar-refractivity contribution in [1.29, 1.82) is 0 Å². The summed E-state index contributed by atoms with van der Waals surface area (Å²) in [7, 11) is 1.62. The maximum atomic E-state index is 13.3. The maximum Gasteiger partial charge on any atom is 0.242 e. The predicted octanol–water partition coefficient (Wildman–Crippen LogP) is 4.13. The first-order valence-corrected chi connectivity index (χ1v) is 10.6. The van der Waals surface area contributed by atoms with Gasteiger partial charge in [-0.05, 0) is 42.5 Å². The van der Waals surface area contributed by atoms with Crippen LogP contribution in [0, 0.1) is 12.8 Å². The molecule has 0 spiro atoms. The van der Waals surface area contributed by atoms with Gasteiger partial charge in [-0.2, -0.15) is 0 Å². The molecule has 0 aromatic heterocycles. The fourth-order valence-electron chi connectivity index (χ4n) is 3.25. The SMILES string of the molecule is CCC(C(=O)NCC(C)C)N(Cc1ccc(C)cc1)C(=O)Cc1ccc(OC)cc1. The number of ether oxygens (including phenoxy) is 1. The van der Waals surface area contributed by atoms with Gasteiger partial charge in [0.05, 0.1) is 13.5 Å². The van der Waals surface area contributed by atoms with Crippen LogP contribution in [0.25, 0.3) is 0 Å². The molecule has 0 aliphatic heterocycles. The summed E-state index contributed by atoms with van der Waals surface area (Å²) >= 11 is 0. The number of hydrogen-bond acceptors (Lipinski definition) is 3. The number of carbonyl (C=O) groups is 2. The number of benzene rings is 2. The summed E-state index contributed by atoms with van der Waals surface area (Å²) < 4.78 is 5.20. The van der Waals surface area contributed by atoms with Crippen LogP contribution in [-0.2, 0) is 22.6 Å². The molecule has 2 aromatic carbocycles. The van der Waals surface area contributed by atoms with Crippen LogP contribution in [0.1, 0.15) is 43.9 Å². The smallest absolute Gasteiger partial charge is 0.242 e. The summed E-state index contributed by atoms with van der Waals surface area (Å²) in [4.78, 5) is 27.9. The number of nitrogens with zero attached hydrogens (tertiary/aromatic N) is 1. The van der Waals surface area contributed by atoms with Crippen molar-refractivity contribution < 1.29 is 14.3 Å². The highest BCUT2D eigenvalue weighted by Gasteiger charge is 2.28. The molecule has 2 amide bonds. The number of aryl methyl sites for hydroxylation is 1. The number of rotatable bonds is 10. The van der Waals surface area contributed by atoms with Crippen molar-refractivity contribution >= 4 is 11.8 Å². The van der Waals surface area contributed by atoms with Crippen LogP contribution in [-0.4, -0.2) is 36.4 Å². The first kappa shape index (κ1) is 23.5. The van der Waals surface area contributed by atoms with Gasteiger partial charge in [-0.3, -0.25) is 9.59 Å². The third-order valence-electron chi connectivity index (χ3n) is 5.06. The second-order valence-electron chi connectivity index (χ2n) is 8.10. The Bertz CT molecular complexity index is 813. The Morgan fingerprint density at radius 1 is 1.00 bits per heavy atom. The fraction of sp³-hybridized carbons (Fsp3) is 0.440. The van der Waals surface area contributed by atoms with Crippen molar-refractivity contribution in [3.05, 3.63) is 65.2 Å². The molecule has 2 aromatic rings. The molecule has 0 bridgehead atoms. The minimum atomic E-state index is -0.504. The van der Waals surface area contributed by atoms with Gasteiger partial charge < -0.3 is 15.0 Å². The van der Waals surface area contributed by atoms with E-state index in [2.05, 4.69) is 19.2 Å². The molecule has 5 heteroatoms. The van der Waals surface area contributed by atoms with E-state index in [4.69, 9.17) is 4.74 Å². The van der Waals surface area contributed by atoms with E-state index in [9.17, 15) is 9.59 Å². The molecule has 0 saturated carbocycles. The number of nitrogens with one attached hydrogen (secondary N) is 1. The van der Waals surface area contributed by atoms with Crippen molar-refractivity contribution in [2.45, 2.75) is 53.1 Å². The minimum absolute atomic E-state index is 0.0627. The lowest BCUT2D eigenvalue weighted by molar-refractivity contribution is -0.141. The summed E-state index contributed by atoms with van der Waals surface area (Å²) in [5, 5.41) is 2.99. The van der Waals surface area contributed by atoms with E-state index in [1.807, 2.05) is 62.4 Å². The predicted molar refractivity (Wildman–Crippen MR) is 120 cm³/mol. The van der Waals surface area contributed by atoms with E-state index < -0.39 is 6.04 Å². The minimum Gasteiger partial charge on any atom is -0.497 e. The third kappa shape index (κ3) is 6.90. The lowest BCUT2D eigenvalue weighted by Crippen LogP contribution is -2.50. The zero-order chi connectivity index (χ0) is 22.1. The molecule has 5 nitrogen and oxygen atoms in total. The fourth-order valence-corrected chi connectivity index (χ4v) is 3.25. The molecule has 2 rings (SSSR count). The van der Waals surface area contributed by atoms with Crippen LogP contribution < -0.4 is 10.1 Å². The highest BCUT2D eigenvalue weighted by atomic mass is 16.5. The van der Waals surface area contributed by atoms with E-state index in [0.29, 0.717) is 25.4 Å². The molecule has 30 heavy (non-hydrogen) atoms. The molecule has 1 unspecified atom stereocenters. The van der Waals surface area contributed by atoms with Crippen molar-refractivity contribution in [2.24, 2.45) is 5.92 Å². The lowest BCUT2D eigenvalue weighted by atomic mass is 10.1. The van der Waals surface area contributed by atoms with Gasteiger partial charge in [-0.25, -0.2) is 0 Å². The molecule has 0 aliphatic rings. The average molecular weight is 411 g/mol. The van der Waals surface area contributed by atoms with Crippen molar-refractivity contribution in [3.8, 4) is 5.75 Å². The van der Waals surface area contributed by atoms with Crippen molar-refractivity contribution in [1.82, 2.24) is 10.2 Å².